The number of nitrogens with zero attached hydrogens (tertiary/aromatic N) is 1. The Kier molecular flexibility index (Phi) is 7.21. The van der Waals surface area contributed by atoms with Gasteiger partial charge in [-0.25, -0.2) is 0 Å². The molecule has 1 atom stereocenters. The van der Waals surface area contributed by atoms with E-state index in [4.69, 9.17) is 0 Å². The van der Waals surface area contributed by atoms with Crippen molar-refractivity contribution in [2.75, 3.05) is 6.54 Å². The summed E-state index contributed by atoms with van der Waals surface area (Å²) in [6.45, 7) is 5.50. The van der Waals surface area contributed by atoms with Gasteiger partial charge in [0.05, 0.1) is 0 Å². The molecule has 0 radical (unpaired) electrons. The predicted octanol–water partition coefficient (Wildman–Crippen LogP) is 4.66. The van der Waals surface area contributed by atoms with Crippen LogP contribution in [0.25, 0.3) is 0 Å². The average Bonchev–Trinajstić information content (AvgIpc) is 2.46. The van der Waals surface area contributed by atoms with Gasteiger partial charge in [-0.2, -0.15) is 0 Å². The molecule has 0 aromatic carbocycles. The van der Waals surface area contributed by atoms with E-state index >= 15 is 0 Å². The Morgan fingerprint density at radius 2 is 1.86 bits per heavy atom. The third-order valence-corrected chi connectivity index (χ3v) is 4.78. The minimum absolute atomic E-state index is 0.609. The number of aromatic nitrogens is 1. The van der Waals surface area contributed by atoms with Gasteiger partial charge in [0.2, 0.25) is 0 Å². The molecule has 0 spiro atoms. The minimum Gasteiger partial charge on any atom is -0.313 e. The van der Waals surface area contributed by atoms with Gasteiger partial charge in [-0.05, 0) is 50.3 Å². The van der Waals surface area contributed by atoms with Crippen LogP contribution in [0.1, 0.15) is 69.5 Å². The van der Waals surface area contributed by atoms with Crippen LogP contribution in [0.3, 0.4) is 0 Å². The van der Waals surface area contributed by atoms with Crippen molar-refractivity contribution >= 4 is 0 Å². The van der Waals surface area contributed by atoms with Gasteiger partial charge in [-0.1, -0.05) is 45.1 Å². The Balaban J connectivity index is 1.99. The first-order valence-corrected chi connectivity index (χ1v) is 8.94. The highest BCUT2D eigenvalue weighted by Gasteiger charge is 2.22. The quantitative estimate of drug-likeness (QED) is 0.823. The van der Waals surface area contributed by atoms with Crippen LogP contribution in [0.15, 0.2) is 18.3 Å². The Labute approximate surface area is 130 Å². The summed E-state index contributed by atoms with van der Waals surface area (Å²) in [6, 6.07) is 5.01. The van der Waals surface area contributed by atoms with Crippen LogP contribution in [-0.2, 0) is 6.42 Å². The second kappa shape index (κ2) is 9.19. The summed E-state index contributed by atoms with van der Waals surface area (Å²) in [5.74, 6) is 0.833. The molecule has 1 unspecified atom stereocenters. The van der Waals surface area contributed by atoms with Gasteiger partial charge >= 0.3 is 0 Å². The molecule has 1 heterocycles. The fourth-order valence-corrected chi connectivity index (χ4v) is 3.47. The molecule has 2 rings (SSSR count). The van der Waals surface area contributed by atoms with Crippen LogP contribution in [0, 0.1) is 12.8 Å². The molecule has 1 fully saturated rings. The van der Waals surface area contributed by atoms with Crippen molar-refractivity contribution in [3.05, 3.63) is 29.6 Å². The maximum atomic E-state index is 4.62. The molecule has 0 amide bonds. The van der Waals surface area contributed by atoms with Crippen LogP contribution in [-0.4, -0.2) is 17.6 Å². The number of pyridine rings is 1. The Bertz CT molecular complexity index is 377. The van der Waals surface area contributed by atoms with Gasteiger partial charge in [0, 0.05) is 24.4 Å². The van der Waals surface area contributed by atoms with Crippen molar-refractivity contribution in [2.24, 2.45) is 5.92 Å². The number of aryl methyl sites for hydroxylation is 1. The highest BCUT2D eigenvalue weighted by atomic mass is 14.9. The zero-order valence-corrected chi connectivity index (χ0v) is 13.9. The van der Waals surface area contributed by atoms with Crippen LogP contribution < -0.4 is 5.32 Å². The molecule has 0 bridgehead atoms. The summed E-state index contributed by atoms with van der Waals surface area (Å²) in [6.07, 6.45) is 14.2. The number of nitrogens with one attached hydrogen (secondary N) is 1. The third kappa shape index (κ3) is 5.78. The smallest absolute Gasteiger partial charge is 0.0419 e. The van der Waals surface area contributed by atoms with E-state index < -0.39 is 0 Å². The van der Waals surface area contributed by atoms with Crippen molar-refractivity contribution in [2.45, 2.75) is 77.7 Å². The zero-order valence-electron chi connectivity index (χ0n) is 13.9. The fourth-order valence-electron chi connectivity index (χ4n) is 3.47. The summed E-state index contributed by atoms with van der Waals surface area (Å²) < 4.78 is 0. The largest absolute Gasteiger partial charge is 0.313 e. The predicted molar refractivity (Wildman–Crippen MR) is 90.6 cm³/mol. The van der Waals surface area contributed by atoms with E-state index in [-0.39, 0.29) is 0 Å². The summed E-state index contributed by atoms with van der Waals surface area (Å²) in [5, 5.41) is 3.81. The lowest BCUT2D eigenvalue weighted by Gasteiger charge is -2.29. The molecule has 1 saturated carbocycles. The van der Waals surface area contributed by atoms with Gasteiger partial charge in [0.1, 0.15) is 0 Å². The second-order valence-electron chi connectivity index (χ2n) is 6.70. The highest BCUT2D eigenvalue weighted by molar-refractivity contribution is 5.13. The van der Waals surface area contributed by atoms with Gasteiger partial charge in [0.25, 0.3) is 0 Å². The molecule has 2 heteroatoms. The Morgan fingerprint density at radius 3 is 2.48 bits per heavy atom. The van der Waals surface area contributed by atoms with Crippen LogP contribution in [0.5, 0.6) is 0 Å². The van der Waals surface area contributed by atoms with E-state index in [1.807, 2.05) is 6.20 Å². The van der Waals surface area contributed by atoms with Crippen molar-refractivity contribution in [1.29, 1.82) is 0 Å². The van der Waals surface area contributed by atoms with E-state index in [0.717, 1.165) is 18.9 Å². The summed E-state index contributed by atoms with van der Waals surface area (Å²) >= 11 is 0. The van der Waals surface area contributed by atoms with Crippen molar-refractivity contribution in [3.63, 3.8) is 0 Å². The highest BCUT2D eigenvalue weighted by Crippen LogP contribution is 2.26. The normalized spacial score (nSPS) is 19.0. The average molecular weight is 288 g/mol. The standard InChI is InChI=1S/C19H32N2/c1-3-13-20-19(14-18-12-11-16(2)15-21-18)17-9-7-5-4-6-8-10-17/h11-12,15,17,19-20H,3-10,13-14H2,1-2H3. The topological polar surface area (TPSA) is 24.9 Å². The molecule has 1 aliphatic rings. The lowest BCUT2D eigenvalue weighted by Crippen LogP contribution is -2.39. The molecule has 1 aliphatic carbocycles. The van der Waals surface area contributed by atoms with Gasteiger partial charge < -0.3 is 5.32 Å². The van der Waals surface area contributed by atoms with Crippen LogP contribution in [0.2, 0.25) is 0 Å². The lowest BCUT2D eigenvalue weighted by atomic mass is 9.84. The Morgan fingerprint density at radius 1 is 1.14 bits per heavy atom. The van der Waals surface area contributed by atoms with E-state index in [2.05, 4.69) is 36.3 Å². The third-order valence-electron chi connectivity index (χ3n) is 4.78. The molecule has 118 valence electrons. The van der Waals surface area contributed by atoms with E-state index in [0.29, 0.717) is 6.04 Å². The first-order valence-electron chi connectivity index (χ1n) is 8.94. The van der Waals surface area contributed by atoms with Gasteiger partial charge in [0.15, 0.2) is 0 Å². The second-order valence-corrected chi connectivity index (χ2v) is 6.70. The molecular formula is C19H32N2. The molecule has 0 saturated heterocycles. The maximum absolute atomic E-state index is 4.62. The number of rotatable bonds is 6. The summed E-state index contributed by atoms with van der Waals surface area (Å²) in [7, 11) is 0. The first kappa shape index (κ1) is 16.5. The van der Waals surface area contributed by atoms with Crippen molar-refractivity contribution in [1.82, 2.24) is 10.3 Å². The lowest BCUT2D eigenvalue weighted by molar-refractivity contribution is 0.282. The van der Waals surface area contributed by atoms with E-state index in [1.54, 1.807) is 0 Å². The fraction of sp³-hybridized carbons (Fsp3) is 0.737. The van der Waals surface area contributed by atoms with Crippen LogP contribution >= 0.6 is 0 Å². The molecule has 21 heavy (non-hydrogen) atoms. The maximum Gasteiger partial charge on any atom is 0.0419 e. The molecule has 1 aromatic rings. The number of hydrogen-bond donors (Lipinski definition) is 1. The molecular weight excluding hydrogens is 256 g/mol. The van der Waals surface area contributed by atoms with Crippen LogP contribution in [0.4, 0.5) is 0 Å². The molecule has 1 N–H and O–H groups in total. The minimum atomic E-state index is 0.609. The van der Waals surface area contributed by atoms with E-state index in [1.165, 1.54) is 62.6 Å². The molecule has 0 aliphatic heterocycles. The van der Waals surface area contributed by atoms with Crippen molar-refractivity contribution < 1.29 is 0 Å². The molecule has 2 nitrogen and oxygen atoms in total. The summed E-state index contributed by atoms with van der Waals surface area (Å²) in [4.78, 5) is 4.62. The molecule has 1 aromatic heterocycles. The monoisotopic (exact) mass is 288 g/mol. The number of hydrogen-bond acceptors (Lipinski definition) is 2. The Hall–Kier alpha value is -0.890. The van der Waals surface area contributed by atoms with Gasteiger partial charge in [-0.15, -0.1) is 0 Å². The van der Waals surface area contributed by atoms with E-state index in [9.17, 15) is 0 Å². The van der Waals surface area contributed by atoms with Gasteiger partial charge in [-0.3, -0.25) is 4.98 Å². The SMILES string of the molecule is CCCNC(Cc1ccc(C)cn1)C1CCCCCCC1. The van der Waals surface area contributed by atoms with Crippen molar-refractivity contribution in [3.8, 4) is 0 Å². The first-order chi connectivity index (χ1) is 10.3. The summed E-state index contributed by atoms with van der Waals surface area (Å²) in [5.41, 5.74) is 2.50. The zero-order chi connectivity index (χ0) is 14.9.